The van der Waals surface area contributed by atoms with E-state index in [0.29, 0.717) is 12.8 Å². The largest absolute Gasteiger partial charge is 0.477 e. The van der Waals surface area contributed by atoms with Gasteiger partial charge in [0.2, 0.25) is 23.6 Å². The van der Waals surface area contributed by atoms with Crippen molar-refractivity contribution in [3.05, 3.63) is 12.2 Å². The highest BCUT2D eigenvalue weighted by atomic mass is 16.8. The zero-order chi connectivity index (χ0) is 95.2. The van der Waals surface area contributed by atoms with Crippen molar-refractivity contribution in [1.29, 1.82) is 0 Å². The molecule has 43 heteroatoms. The van der Waals surface area contributed by atoms with E-state index in [1.54, 1.807) is 6.08 Å². The Morgan fingerprint density at radius 3 is 1.18 bits per heavy atom. The van der Waals surface area contributed by atoms with Crippen LogP contribution in [0.2, 0.25) is 0 Å². The summed E-state index contributed by atoms with van der Waals surface area (Å²) in [4.78, 5) is 79.6. The molecule has 6 heterocycles. The van der Waals surface area contributed by atoms with Gasteiger partial charge in [-0.3, -0.25) is 19.2 Å². The van der Waals surface area contributed by atoms with E-state index in [1.807, 2.05) is 0 Å². The SMILES string of the molecule is CCCCCCCCCCCCC/C=C/[C@@H](O)[C@H](CO[C@@H]1OC(CO)[C@@H](O[C@@H]2OC(CO)[C@H](O[C@@H]3OC(CO)[C@H](O)[C@H](O[C@@H]4OC(CO)[C@H](O)[C@H](O[C@]5(C(=O)O)CC(O)[C@@H](NC(C)=O)C([C@H](O)[C@H](O)CO)O5)C4O)C3NC(C)=O)[C@H](O[C@]3(C(=O)O)CC(O)[C@@H](NC(C)=O)C([C@H](O)[C@H](O)CO)O3)C2O)[C@H](O)C1O)NC(=O)CCCCCCCCCCCCCCCCCCC. The summed E-state index contributed by atoms with van der Waals surface area (Å²) in [5, 5.41) is 247. The Labute approximate surface area is 752 Å². The van der Waals surface area contributed by atoms with Gasteiger partial charge in [0, 0.05) is 40.0 Å². The van der Waals surface area contributed by atoms with Gasteiger partial charge < -0.3 is 185 Å². The van der Waals surface area contributed by atoms with E-state index in [0.717, 1.165) is 85.0 Å². The minimum atomic E-state index is -3.50. The fraction of sp³-hybridized carbons (Fsp3) is 0.907. The monoisotopic (exact) mass is 1870 g/mol. The minimum absolute atomic E-state index is 0.0955. The maximum absolute atomic E-state index is 14.1. The highest BCUT2D eigenvalue weighted by Gasteiger charge is 2.64. The zero-order valence-electron chi connectivity index (χ0n) is 74.9. The quantitative estimate of drug-likeness (QED) is 0.0212. The van der Waals surface area contributed by atoms with Crippen molar-refractivity contribution in [3.8, 4) is 0 Å². The van der Waals surface area contributed by atoms with Crippen molar-refractivity contribution in [1.82, 2.24) is 21.3 Å². The van der Waals surface area contributed by atoms with Crippen LogP contribution in [-0.4, -0.2) is 396 Å². The zero-order valence-corrected chi connectivity index (χ0v) is 74.9. The van der Waals surface area contributed by atoms with Crippen LogP contribution in [0.15, 0.2) is 12.2 Å². The van der Waals surface area contributed by atoms with E-state index in [1.165, 1.54) is 115 Å². The van der Waals surface area contributed by atoms with E-state index < -0.39 is 302 Å². The number of hydrogen-bond donors (Lipinski definition) is 25. The second kappa shape index (κ2) is 58.0. The molecule has 12 unspecified atom stereocenters. The molecule has 0 aromatic rings. The molecule has 6 aliphatic rings. The van der Waals surface area contributed by atoms with Gasteiger partial charge in [0.25, 0.3) is 11.6 Å². The van der Waals surface area contributed by atoms with Gasteiger partial charge in [-0.15, -0.1) is 0 Å². The molecule has 43 nitrogen and oxygen atoms in total. The van der Waals surface area contributed by atoms with Crippen LogP contribution in [0.4, 0.5) is 0 Å². The molecular formula is C86H152N4O39. The van der Waals surface area contributed by atoms with E-state index >= 15 is 0 Å². The number of aliphatic carboxylic acids is 2. The number of carboxylic acids is 2. The number of nitrogens with one attached hydrogen (secondary N) is 4. The van der Waals surface area contributed by atoms with Crippen LogP contribution in [0.5, 0.6) is 0 Å². The predicted molar refractivity (Wildman–Crippen MR) is 449 cm³/mol. The lowest BCUT2D eigenvalue weighted by Crippen LogP contribution is -2.72. The molecule has 0 radical (unpaired) electrons. The molecule has 0 spiro atoms. The third-order valence-electron chi connectivity index (χ3n) is 24.6. The van der Waals surface area contributed by atoms with Crippen molar-refractivity contribution in [3.63, 3.8) is 0 Å². The van der Waals surface area contributed by atoms with Crippen LogP contribution in [0, 0.1) is 0 Å². The van der Waals surface area contributed by atoms with Crippen molar-refractivity contribution in [2.24, 2.45) is 0 Å². The second-order valence-electron chi connectivity index (χ2n) is 35.0. The van der Waals surface area contributed by atoms with Gasteiger partial charge in [-0.05, 0) is 19.3 Å². The fourth-order valence-corrected chi connectivity index (χ4v) is 17.3. The van der Waals surface area contributed by atoms with Gasteiger partial charge in [-0.2, -0.15) is 0 Å². The summed E-state index contributed by atoms with van der Waals surface area (Å²) in [6, 6.07) is -6.94. The van der Waals surface area contributed by atoms with Crippen LogP contribution in [0.25, 0.3) is 0 Å². The molecule has 25 N–H and O–H groups in total. The van der Waals surface area contributed by atoms with Crippen molar-refractivity contribution in [2.75, 3.05) is 46.2 Å². The number of allylic oxidation sites excluding steroid dienone is 1. The van der Waals surface area contributed by atoms with E-state index in [2.05, 4.69) is 35.1 Å². The maximum Gasteiger partial charge on any atom is 0.364 e. The number of carboxylic acid groups (broad SMARTS) is 2. The number of unbranched alkanes of at least 4 members (excludes halogenated alkanes) is 27. The van der Waals surface area contributed by atoms with E-state index in [-0.39, 0.29) is 6.42 Å². The second-order valence-corrected chi connectivity index (χ2v) is 35.0. The molecule has 0 aromatic carbocycles. The molecule has 6 aliphatic heterocycles. The van der Waals surface area contributed by atoms with Crippen molar-refractivity contribution < 1.29 is 193 Å². The lowest BCUT2D eigenvalue weighted by atomic mass is 9.88. The molecule has 0 aliphatic carbocycles. The Bertz CT molecular complexity index is 3240. The number of amides is 4. The van der Waals surface area contributed by atoms with Gasteiger partial charge >= 0.3 is 11.9 Å². The molecule has 6 saturated heterocycles. The number of ether oxygens (including phenoxy) is 12. The molecule has 750 valence electrons. The summed E-state index contributed by atoms with van der Waals surface area (Å²) in [6.45, 7) is -0.822. The molecule has 4 amide bonds. The van der Waals surface area contributed by atoms with Crippen LogP contribution >= 0.6 is 0 Å². The predicted octanol–water partition coefficient (Wildman–Crippen LogP) is -3.09. The van der Waals surface area contributed by atoms with Crippen LogP contribution < -0.4 is 21.3 Å². The highest BCUT2D eigenvalue weighted by molar-refractivity contribution is 5.78. The van der Waals surface area contributed by atoms with E-state index in [9.17, 15) is 136 Å². The van der Waals surface area contributed by atoms with Gasteiger partial charge in [-0.1, -0.05) is 193 Å². The first-order valence-electron chi connectivity index (χ1n) is 46.2. The Hall–Kier alpha value is -4.68. The Kier molecular flexibility index (Phi) is 50.9. The number of carbonyl (C=O) groups is 6. The number of carbonyl (C=O) groups excluding carboxylic acids is 4. The molecule has 0 saturated carbocycles. The molecule has 129 heavy (non-hydrogen) atoms. The first kappa shape index (κ1) is 113. The molecule has 34 atom stereocenters. The summed E-state index contributed by atoms with van der Waals surface area (Å²) in [5.74, 6) is -14.5. The minimum Gasteiger partial charge on any atom is -0.477 e. The topological polar surface area (TPSA) is 686 Å². The summed E-state index contributed by atoms with van der Waals surface area (Å²) in [5.41, 5.74) is 0. The molecule has 6 fully saturated rings. The number of aliphatic hydroxyl groups excluding tert-OH is 19. The standard InChI is InChI=1S/C86H152N4O39/c1-6-8-10-12-14-16-18-20-21-22-23-25-27-29-31-33-35-37-60(105)90-50(51(100)36-34-32-30-28-26-24-19-17-15-13-11-9-7-2)46-118-80-69(111)68(110)72(58(44-95)121-80)123-82-71(113)78(129-86(84(116)117)39-53(102)62(88-48(4)98)76(127-86)65(107)55(104)41-92)73(59(45-96)122-82)124-79-63(89-49(5)99)74(66(108)56(42-93)119-79)125-81-70(112)77(67(109)57(43-94)120-81)128-85(83(114)115)38-52(101)61(87-47(3)97)75(126-85)64(106)54(103)40-91/h34,36,50-59,61-82,91-96,100-104,106-113H,6-33,35,37-46H2,1-5H3,(H,87,97)(H,88,98)(H,89,99)(H,90,105)(H,114,115)(H,116,117)/b36-34+/t50-,51+,52?,53?,54+,55+,56?,57?,58?,59?,61+,62+,63?,64+,65+,66-,67-,68+,69?,70?,71?,72+,73-,74+,75?,76?,77-,78+,79-,80+,81-,82-,85-,86-/m0/s1. The Morgan fingerprint density at radius 1 is 0.403 bits per heavy atom. The summed E-state index contributed by atoms with van der Waals surface area (Å²) in [6.07, 6.45) is -29.5. The first-order chi connectivity index (χ1) is 61.6. The summed E-state index contributed by atoms with van der Waals surface area (Å²) < 4.78 is 72.4. The highest BCUT2D eigenvalue weighted by Crippen LogP contribution is 2.43. The van der Waals surface area contributed by atoms with Crippen LogP contribution in [0.3, 0.4) is 0 Å². The summed E-state index contributed by atoms with van der Waals surface area (Å²) in [7, 11) is 0. The van der Waals surface area contributed by atoms with Crippen molar-refractivity contribution >= 4 is 35.6 Å². The Morgan fingerprint density at radius 2 is 0.760 bits per heavy atom. The molecular weight excluding hydrogens is 1710 g/mol. The lowest BCUT2D eigenvalue weighted by molar-refractivity contribution is -0.405. The smallest absolute Gasteiger partial charge is 0.364 e. The van der Waals surface area contributed by atoms with Crippen molar-refractivity contribution in [2.45, 2.75) is 447 Å². The fourth-order valence-electron chi connectivity index (χ4n) is 17.3. The average Bonchev–Trinajstić information content (AvgIpc) is 0.720. The average molecular weight is 1870 g/mol. The van der Waals surface area contributed by atoms with Gasteiger partial charge in [-0.25, -0.2) is 9.59 Å². The Balaban J connectivity index is 1.29. The third kappa shape index (κ3) is 33.6. The lowest BCUT2D eigenvalue weighted by Gasteiger charge is -2.53. The third-order valence-corrected chi connectivity index (χ3v) is 24.6. The van der Waals surface area contributed by atoms with Gasteiger partial charge in [0.15, 0.2) is 25.2 Å². The molecule has 0 bridgehead atoms. The maximum atomic E-state index is 14.1. The number of rotatable bonds is 61. The first-order valence-corrected chi connectivity index (χ1v) is 46.2. The molecule has 6 rings (SSSR count). The van der Waals surface area contributed by atoms with Gasteiger partial charge in [0.1, 0.15) is 134 Å². The molecule has 0 aromatic heterocycles. The van der Waals surface area contributed by atoms with Gasteiger partial charge in [0.05, 0.1) is 82.7 Å². The summed E-state index contributed by atoms with van der Waals surface area (Å²) >= 11 is 0. The number of hydrogen-bond acceptors (Lipinski definition) is 37. The number of aliphatic hydroxyl groups is 19. The van der Waals surface area contributed by atoms with E-state index in [4.69, 9.17) is 56.8 Å². The van der Waals surface area contributed by atoms with Crippen LogP contribution in [-0.2, 0) is 85.6 Å². The van der Waals surface area contributed by atoms with Crippen LogP contribution in [0.1, 0.15) is 240 Å². The normalized spacial score (nSPS) is 34.8.